The molecule has 0 fully saturated rings. The fourth-order valence-electron chi connectivity index (χ4n) is 8.20. The quantitative estimate of drug-likeness (QED) is 0.198. The summed E-state index contributed by atoms with van der Waals surface area (Å²) in [6.45, 7) is 0. The molecule has 3 heterocycles. The summed E-state index contributed by atoms with van der Waals surface area (Å²) in [5.41, 5.74) is 11.4. The van der Waals surface area contributed by atoms with Gasteiger partial charge in [-0.15, -0.1) is 11.3 Å². The maximum Gasteiger partial charge on any atom is 0.103 e. The molecule has 9 aromatic rings. The Balaban J connectivity index is 0.973. The van der Waals surface area contributed by atoms with E-state index in [9.17, 15) is 0 Å². The average molecular weight is 689 g/mol. The molecule has 0 spiro atoms. The van der Waals surface area contributed by atoms with E-state index in [1.54, 1.807) is 0 Å². The average Bonchev–Trinajstić information content (AvgIpc) is 3.89. The Hall–Kier alpha value is -5.55. The number of nitrogens with one attached hydrogen (secondary N) is 1. The molecule has 2 aliphatic rings. The van der Waals surface area contributed by atoms with Crippen molar-refractivity contribution in [3.05, 3.63) is 169 Å². The molecule has 1 N–H and O–H groups in total. The van der Waals surface area contributed by atoms with Gasteiger partial charge in [0.25, 0.3) is 0 Å². The fraction of sp³-hybridized carbons (Fsp3) is 0.0638. The lowest BCUT2D eigenvalue weighted by Gasteiger charge is -2.14. The first-order valence-electron chi connectivity index (χ1n) is 17.7. The van der Waals surface area contributed by atoms with Crippen LogP contribution < -0.4 is 5.32 Å². The number of thiophene rings is 1. The molecule has 1 unspecified atom stereocenters. The van der Waals surface area contributed by atoms with E-state index in [0.29, 0.717) is 0 Å². The summed E-state index contributed by atoms with van der Waals surface area (Å²) in [5, 5.41) is 11.9. The van der Waals surface area contributed by atoms with Crippen molar-refractivity contribution in [3.8, 4) is 16.8 Å². The van der Waals surface area contributed by atoms with Crippen molar-refractivity contribution < 1.29 is 0 Å². The minimum absolute atomic E-state index is 0.157. The first kappa shape index (κ1) is 29.2. The predicted octanol–water partition coefficient (Wildman–Crippen LogP) is 13.9. The van der Waals surface area contributed by atoms with Gasteiger partial charge in [-0.1, -0.05) is 133 Å². The normalized spacial score (nSPS) is 15.6. The second-order valence-electron chi connectivity index (χ2n) is 13.6. The summed E-state index contributed by atoms with van der Waals surface area (Å²) >= 11 is 3.90. The van der Waals surface area contributed by atoms with E-state index in [1.807, 2.05) is 23.1 Å². The number of hydrogen-bond donors (Lipinski definition) is 1. The van der Waals surface area contributed by atoms with Gasteiger partial charge in [0.05, 0.1) is 16.7 Å². The molecule has 2 nitrogen and oxygen atoms in total. The minimum atomic E-state index is 0.157. The van der Waals surface area contributed by atoms with Crippen molar-refractivity contribution in [2.24, 2.45) is 0 Å². The summed E-state index contributed by atoms with van der Waals surface area (Å²) in [6, 6.07) is 51.7. The maximum absolute atomic E-state index is 3.93. The van der Waals surface area contributed by atoms with Crippen LogP contribution in [0.15, 0.2) is 163 Å². The van der Waals surface area contributed by atoms with Gasteiger partial charge < -0.3 is 9.88 Å². The number of anilines is 1. The zero-order chi connectivity index (χ0) is 33.5. The highest BCUT2D eigenvalue weighted by molar-refractivity contribution is 8.00. The standard InChI is InChI=1S/C47H32N2S2/c1-2-11-31(12-3-1)39-28-40-46(44-38-15-7-9-17-43(38)50-45(39)44)51-47(48-40)32-20-18-30(19-21-32)34-23-25-37-36-14-6-8-16-41(36)49(42(37)27-34)35-24-22-29-10-4-5-13-33(29)26-35/h1-2,4-11,13-28,47-48H,3,12H2. The summed E-state index contributed by atoms with van der Waals surface area (Å²) in [4.78, 5) is 1.37. The van der Waals surface area contributed by atoms with Gasteiger partial charge >= 0.3 is 0 Å². The molecule has 4 heteroatoms. The number of para-hydroxylation sites is 1. The zero-order valence-corrected chi connectivity index (χ0v) is 29.4. The Kier molecular flexibility index (Phi) is 6.58. The van der Waals surface area contributed by atoms with Crippen LogP contribution in [0.2, 0.25) is 0 Å². The number of nitrogens with zero attached hydrogens (tertiary/aromatic N) is 1. The number of benzene rings is 7. The van der Waals surface area contributed by atoms with E-state index in [0.717, 1.165) is 12.8 Å². The first-order chi connectivity index (χ1) is 25.3. The van der Waals surface area contributed by atoms with Crippen LogP contribution in [0.25, 0.3) is 75.1 Å². The van der Waals surface area contributed by atoms with Crippen molar-refractivity contribution in [2.75, 3.05) is 5.32 Å². The molecule has 1 atom stereocenters. The molecule has 11 rings (SSSR count). The van der Waals surface area contributed by atoms with Crippen molar-refractivity contribution in [3.63, 3.8) is 0 Å². The maximum atomic E-state index is 3.93. The Bertz CT molecular complexity index is 2920. The Labute approximate surface area is 304 Å². The molecular weight excluding hydrogens is 657 g/mol. The molecule has 51 heavy (non-hydrogen) atoms. The van der Waals surface area contributed by atoms with Crippen LogP contribution in [0.3, 0.4) is 0 Å². The second-order valence-corrected chi connectivity index (χ2v) is 15.8. The van der Waals surface area contributed by atoms with Crippen LogP contribution in [0.5, 0.6) is 0 Å². The lowest BCUT2D eigenvalue weighted by molar-refractivity contribution is 1.06. The van der Waals surface area contributed by atoms with E-state index in [-0.39, 0.29) is 5.37 Å². The Morgan fingerprint density at radius 3 is 2.31 bits per heavy atom. The van der Waals surface area contributed by atoms with Crippen molar-refractivity contribution >= 4 is 87.1 Å². The first-order valence-corrected chi connectivity index (χ1v) is 19.4. The van der Waals surface area contributed by atoms with Crippen molar-refractivity contribution in [1.29, 1.82) is 0 Å². The number of hydrogen-bond acceptors (Lipinski definition) is 3. The summed E-state index contributed by atoms with van der Waals surface area (Å²) in [5.74, 6) is 0. The number of rotatable bonds is 4. The molecule has 1 aliphatic carbocycles. The smallest absolute Gasteiger partial charge is 0.103 e. The Morgan fingerprint density at radius 1 is 0.647 bits per heavy atom. The molecule has 7 aromatic carbocycles. The lowest BCUT2D eigenvalue weighted by Crippen LogP contribution is -2.01. The summed E-state index contributed by atoms with van der Waals surface area (Å²) < 4.78 is 5.20. The van der Waals surface area contributed by atoms with Crippen molar-refractivity contribution in [2.45, 2.75) is 23.1 Å². The lowest BCUT2D eigenvalue weighted by atomic mass is 9.95. The summed E-state index contributed by atoms with van der Waals surface area (Å²) in [6.07, 6.45) is 9.00. The van der Waals surface area contributed by atoms with Crippen LogP contribution in [0.1, 0.15) is 29.3 Å². The molecule has 0 saturated heterocycles. The molecule has 242 valence electrons. The monoisotopic (exact) mass is 688 g/mol. The van der Waals surface area contributed by atoms with E-state index in [2.05, 4.69) is 168 Å². The number of fused-ring (bicyclic) bond motifs is 9. The number of allylic oxidation sites excluding steroid dienone is 4. The predicted molar refractivity (Wildman–Crippen MR) is 222 cm³/mol. The van der Waals surface area contributed by atoms with Crippen LogP contribution in [0.4, 0.5) is 5.69 Å². The molecule has 2 aromatic heterocycles. The fourth-order valence-corrected chi connectivity index (χ4v) is 10.8. The highest BCUT2D eigenvalue weighted by Crippen LogP contribution is 2.55. The van der Waals surface area contributed by atoms with Gasteiger partial charge in [-0.05, 0) is 87.8 Å². The third kappa shape index (κ3) is 4.64. The van der Waals surface area contributed by atoms with Crippen LogP contribution in [-0.2, 0) is 0 Å². The number of thioether (sulfide) groups is 1. The molecule has 0 radical (unpaired) electrons. The van der Waals surface area contributed by atoms with Gasteiger partial charge in [0.2, 0.25) is 0 Å². The van der Waals surface area contributed by atoms with Crippen molar-refractivity contribution in [1.82, 2.24) is 4.57 Å². The molecule has 0 saturated carbocycles. The van der Waals surface area contributed by atoms with E-state index < -0.39 is 0 Å². The largest absolute Gasteiger partial charge is 0.368 e. The van der Waals surface area contributed by atoms with Gasteiger partial charge in [0.15, 0.2) is 0 Å². The molecule has 0 bridgehead atoms. The highest BCUT2D eigenvalue weighted by atomic mass is 32.2. The molecule has 1 aliphatic heterocycles. The van der Waals surface area contributed by atoms with Crippen LogP contribution in [-0.4, -0.2) is 4.57 Å². The van der Waals surface area contributed by atoms with Gasteiger partial charge in [0, 0.05) is 41.5 Å². The Morgan fingerprint density at radius 2 is 1.43 bits per heavy atom. The van der Waals surface area contributed by atoms with E-state index >= 15 is 0 Å². The summed E-state index contributed by atoms with van der Waals surface area (Å²) in [7, 11) is 0. The van der Waals surface area contributed by atoms with E-state index in [4.69, 9.17) is 0 Å². The third-order valence-corrected chi connectivity index (χ3v) is 13.2. The zero-order valence-electron chi connectivity index (χ0n) is 27.8. The SMILES string of the molecule is C1=CCCC(c2cc3c(c4c2sc2ccccc24)SC(c2ccc(-c4ccc5c6ccccc6n(-c6ccc7ccccc7c6)c5c4)cc2)N3)=C1. The topological polar surface area (TPSA) is 17.0 Å². The van der Waals surface area contributed by atoms with Crippen LogP contribution >= 0.6 is 23.1 Å². The number of aromatic nitrogens is 1. The molecular formula is C47H32N2S2. The van der Waals surface area contributed by atoms with Gasteiger partial charge in [0.1, 0.15) is 5.37 Å². The van der Waals surface area contributed by atoms with Gasteiger partial charge in [-0.2, -0.15) is 0 Å². The highest BCUT2D eigenvalue weighted by Gasteiger charge is 2.29. The second kappa shape index (κ2) is 11.5. The minimum Gasteiger partial charge on any atom is -0.368 e. The van der Waals surface area contributed by atoms with Crippen LogP contribution in [0, 0.1) is 0 Å². The van der Waals surface area contributed by atoms with Gasteiger partial charge in [-0.25, -0.2) is 0 Å². The van der Waals surface area contributed by atoms with E-state index in [1.165, 1.54) is 96.8 Å². The molecule has 0 amide bonds. The van der Waals surface area contributed by atoms with Gasteiger partial charge in [-0.3, -0.25) is 0 Å². The third-order valence-electron chi connectivity index (χ3n) is 10.7.